The van der Waals surface area contributed by atoms with Gasteiger partial charge in [0.2, 0.25) is 5.91 Å². The molecule has 0 aliphatic heterocycles. The van der Waals surface area contributed by atoms with Crippen LogP contribution >= 0.6 is 15.9 Å². The molecule has 4 nitrogen and oxygen atoms in total. The van der Waals surface area contributed by atoms with E-state index in [1.165, 1.54) is 0 Å². The molecule has 0 aliphatic rings. The van der Waals surface area contributed by atoms with Crippen LogP contribution in [0, 0.1) is 6.92 Å². The van der Waals surface area contributed by atoms with E-state index in [0.29, 0.717) is 17.9 Å². The molecule has 0 radical (unpaired) electrons. The van der Waals surface area contributed by atoms with E-state index in [9.17, 15) is 4.79 Å². The fourth-order valence-electron chi connectivity index (χ4n) is 1.43. The summed E-state index contributed by atoms with van der Waals surface area (Å²) < 4.78 is 6.14. The average Bonchev–Trinajstić information content (AvgIpc) is 2.30. The largest absolute Gasteiger partial charge is 0.495 e. The lowest BCUT2D eigenvalue weighted by Crippen LogP contribution is -2.35. The third-order valence-corrected chi connectivity index (χ3v) is 2.97. The number of aryl methyl sites for hydroxylation is 1. The Morgan fingerprint density at radius 1 is 1.59 bits per heavy atom. The summed E-state index contributed by atoms with van der Waals surface area (Å²) in [6, 6.07) is 3.22. The Hall–Kier alpha value is -1.07. The van der Waals surface area contributed by atoms with Gasteiger partial charge in [-0.3, -0.25) is 4.79 Å². The summed E-state index contributed by atoms with van der Waals surface area (Å²) in [6.07, 6.45) is 0.601. The second kappa shape index (κ2) is 6.02. The first-order valence-corrected chi connectivity index (χ1v) is 6.19. The molecule has 0 saturated carbocycles. The van der Waals surface area contributed by atoms with Crippen LogP contribution < -0.4 is 15.8 Å². The number of nitrogens with one attached hydrogen (secondary N) is 1. The number of halogens is 1. The molecule has 1 atom stereocenters. The zero-order valence-corrected chi connectivity index (χ0v) is 11.8. The van der Waals surface area contributed by atoms with E-state index in [0.717, 1.165) is 10.0 Å². The number of nitrogens with two attached hydrogens (primary N) is 1. The van der Waals surface area contributed by atoms with E-state index in [1.807, 2.05) is 19.9 Å². The molecule has 1 unspecified atom stereocenters. The Kier molecular flexibility index (Phi) is 4.96. The Morgan fingerprint density at radius 2 is 2.24 bits per heavy atom. The molecule has 1 aromatic carbocycles. The Bertz CT molecular complexity index is 421. The van der Waals surface area contributed by atoms with Crippen molar-refractivity contribution in [3.05, 3.63) is 22.2 Å². The van der Waals surface area contributed by atoms with Crippen LogP contribution in [0.3, 0.4) is 0 Å². The number of benzene rings is 1. The van der Waals surface area contributed by atoms with E-state index in [4.69, 9.17) is 10.5 Å². The molecule has 94 valence electrons. The number of carbonyl (C=O) groups is 1. The Balaban J connectivity index is 3.01. The topological polar surface area (TPSA) is 64.4 Å². The van der Waals surface area contributed by atoms with Gasteiger partial charge in [-0.1, -0.05) is 22.9 Å². The van der Waals surface area contributed by atoms with Crippen LogP contribution in [0.2, 0.25) is 0 Å². The lowest BCUT2D eigenvalue weighted by molar-refractivity contribution is -0.117. The van der Waals surface area contributed by atoms with Crippen LogP contribution in [0.5, 0.6) is 5.75 Å². The minimum absolute atomic E-state index is 0.198. The average molecular weight is 301 g/mol. The number of anilines is 1. The molecule has 3 N–H and O–H groups in total. The minimum Gasteiger partial charge on any atom is -0.495 e. The summed E-state index contributed by atoms with van der Waals surface area (Å²) in [5, 5.41) is 2.80. The number of hydrogen-bond donors (Lipinski definition) is 2. The number of amides is 1. The van der Waals surface area contributed by atoms with Crippen molar-refractivity contribution in [1.29, 1.82) is 0 Å². The second-order valence-corrected chi connectivity index (χ2v) is 4.72. The summed E-state index contributed by atoms with van der Waals surface area (Å²) in [7, 11) is 1.57. The number of carbonyl (C=O) groups excluding carboxylic acids is 1. The standard InChI is InChI=1S/C12H17BrN2O2/c1-4-9(14)12(16)15-11-7(2)5-8(13)6-10(11)17-3/h5-6,9H,4,14H2,1-3H3,(H,15,16). The van der Waals surface area contributed by atoms with Gasteiger partial charge in [-0.2, -0.15) is 0 Å². The van der Waals surface area contributed by atoms with E-state index in [-0.39, 0.29) is 5.91 Å². The van der Waals surface area contributed by atoms with Crippen molar-refractivity contribution in [2.75, 3.05) is 12.4 Å². The molecule has 0 spiro atoms. The van der Waals surface area contributed by atoms with Crippen molar-refractivity contribution >= 4 is 27.5 Å². The highest BCUT2D eigenvalue weighted by Gasteiger charge is 2.15. The van der Waals surface area contributed by atoms with Crippen LogP contribution in [0.15, 0.2) is 16.6 Å². The van der Waals surface area contributed by atoms with Gasteiger partial charge in [0.25, 0.3) is 0 Å². The first kappa shape index (κ1) is 14.0. The molecule has 0 heterocycles. The highest BCUT2D eigenvalue weighted by atomic mass is 79.9. The van der Waals surface area contributed by atoms with Gasteiger partial charge in [0, 0.05) is 4.47 Å². The quantitative estimate of drug-likeness (QED) is 0.898. The van der Waals surface area contributed by atoms with Crippen LogP contribution in [0.1, 0.15) is 18.9 Å². The summed E-state index contributed by atoms with van der Waals surface area (Å²) in [4.78, 5) is 11.7. The third kappa shape index (κ3) is 3.44. The van der Waals surface area contributed by atoms with Crippen molar-refractivity contribution in [1.82, 2.24) is 0 Å². The summed E-state index contributed by atoms with van der Waals surface area (Å²) >= 11 is 3.38. The van der Waals surface area contributed by atoms with Crippen molar-refractivity contribution < 1.29 is 9.53 Å². The van der Waals surface area contributed by atoms with Crippen molar-refractivity contribution in [2.45, 2.75) is 26.3 Å². The van der Waals surface area contributed by atoms with Gasteiger partial charge >= 0.3 is 0 Å². The molecule has 17 heavy (non-hydrogen) atoms. The minimum atomic E-state index is -0.497. The van der Waals surface area contributed by atoms with Gasteiger partial charge in [-0.15, -0.1) is 0 Å². The molecule has 5 heteroatoms. The van der Waals surface area contributed by atoms with Gasteiger partial charge in [0.05, 0.1) is 18.8 Å². The van der Waals surface area contributed by atoms with Crippen LogP contribution in [0.25, 0.3) is 0 Å². The number of ether oxygens (including phenoxy) is 1. The van der Waals surface area contributed by atoms with Gasteiger partial charge in [0.1, 0.15) is 5.75 Å². The number of methoxy groups -OCH3 is 1. The maximum absolute atomic E-state index is 11.7. The fourth-order valence-corrected chi connectivity index (χ4v) is 1.99. The maximum Gasteiger partial charge on any atom is 0.241 e. The SMILES string of the molecule is CCC(N)C(=O)Nc1c(C)cc(Br)cc1OC. The highest BCUT2D eigenvalue weighted by molar-refractivity contribution is 9.10. The summed E-state index contributed by atoms with van der Waals surface area (Å²) in [5.74, 6) is 0.421. The molecule has 0 aromatic heterocycles. The van der Waals surface area contributed by atoms with Crippen LogP contribution in [0.4, 0.5) is 5.69 Å². The van der Waals surface area contributed by atoms with Gasteiger partial charge < -0.3 is 15.8 Å². The summed E-state index contributed by atoms with van der Waals surface area (Å²) in [5.41, 5.74) is 7.27. The number of hydrogen-bond acceptors (Lipinski definition) is 3. The predicted molar refractivity (Wildman–Crippen MR) is 72.3 cm³/mol. The molecular formula is C12H17BrN2O2. The zero-order valence-electron chi connectivity index (χ0n) is 10.2. The monoisotopic (exact) mass is 300 g/mol. The molecule has 1 aromatic rings. The number of rotatable bonds is 4. The Morgan fingerprint density at radius 3 is 2.76 bits per heavy atom. The third-order valence-electron chi connectivity index (χ3n) is 2.51. The molecule has 0 bridgehead atoms. The molecule has 0 aliphatic carbocycles. The lowest BCUT2D eigenvalue weighted by Gasteiger charge is -2.15. The summed E-state index contributed by atoms with van der Waals surface area (Å²) in [6.45, 7) is 3.77. The Labute approximate surface area is 110 Å². The highest BCUT2D eigenvalue weighted by Crippen LogP contribution is 2.32. The zero-order chi connectivity index (χ0) is 13.0. The van der Waals surface area contributed by atoms with Crippen LogP contribution in [-0.2, 0) is 4.79 Å². The van der Waals surface area contributed by atoms with E-state index in [1.54, 1.807) is 13.2 Å². The van der Waals surface area contributed by atoms with Gasteiger partial charge in [-0.25, -0.2) is 0 Å². The lowest BCUT2D eigenvalue weighted by atomic mass is 10.1. The molecule has 0 saturated heterocycles. The smallest absolute Gasteiger partial charge is 0.241 e. The van der Waals surface area contributed by atoms with Crippen molar-refractivity contribution in [3.8, 4) is 5.75 Å². The van der Waals surface area contributed by atoms with Crippen molar-refractivity contribution in [3.63, 3.8) is 0 Å². The molecule has 1 rings (SSSR count). The van der Waals surface area contributed by atoms with Gasteiger partial charge in [-0.05, 0) is 31.0 Å². The fraction of sp³-hybridized carbons (Fsp3) is 0.417. The first-order valence-electron chi connectivity index (χ1n) is 5.40. The second-order valence-electron chi connectivity index (χ2n) is 3.80. The van der Waals surface area contributed by atoms with Crippen LogP contribution in [-0.4, -0.2) is 19.1 Å². The maximum atomic E-state index is 11.7. The van der Waals surface area contributed by atoms with Gasteiger partial charge in [0.15, 0.2) is 0 Å². The normalized spacial score (nSPS) is 12.1. The molecule has 1 amide bonds. The first-order chi connectivity index (χ1) is 7.99. The predicted octanol–water partition coefficient (Wildman–Crippen LogP) is 2.44. The van der Waals surface area contributed by atoms with E-state index < -0.39 is 6.04 Å². The molecular weight excluding hydrogens is 284 g/mol. The van der Waals surface area contributed by atoms with E-state index in [2.05, 4.69) is 21.2 Å². The van der Waals surface area contributed by atoms with E-state index >= 15 is 0 Å². The molecule has 0 fully saturated rings. The van der Waals surface area contributed by atoms with Crippen molar-refractivity contribution in [2.24, 2.45) is 5.73 Å².